The molecule has 2 aromatic carbocycles. The second kappa shape index (κ2) is 10.8. The van der Waals surface area contributed by atoms with E-state index in [0.717, 1.165) is 17.7 Å². The summed E-state index contributed by atoms with van der Waals surface area (Å²) in [5.41, 5.74) is 4.18. The van der Waals surface area contributed by atoms with Crippen molar-refractivity contribution in [2.75, 3.05) is 37.6 Å². The van der Waals surface area contributed by atoms with Crippen LogP contribution in [0.1, 0.15) is 40.8 Å². The molecule has 2 aliphatic heterocycles. The topological polar surface area (TPSA) is 126 Å². The van der Waals surface area contributed by atoms with Crippen LogP contribution in [0.15, 0.2) is 71.3 Å². The van der Waals surface area contributed by atoms with Gasteiger partial charge in [0.25, 0.3) is 5.91 Å². The summed E-state index contributed by atoms with van der Waals surface area (Å²) in [5.74, 6) is 1.02. The highest BCUT2D eigenvalue weighted by atomic mass is 16.3. The molecule has 2 fully saturated rings. The van der Waals surface area contributed by atoms with Gasteiger partial charge >= 0.3 is 0 Å². The second-order valence-corrected chi connectivity index (χ2v) is 10.5. The number of amides is 2. The summed E-state index contributed by atoms with van der Waals surface area (Å²) in [7, 11) is 1.76. The van der Waals surface area contributed by atoms with Crippen molar-refractivity contribution in [3.63, 3.8) is 0 Å². The fourth-order valence-corrected chi connectivity index (χ4v) is 5.72. The highest BCUT2D eigenvalue weighted by molar-refractivity contribution is 5.97. The Labute approximate surface area is 241 Å². The van der Waals surface area contributed by atoms with E-state index in [-0.39, 0.29) is 17.9 Å². The Morgan fingerprint density at radius 2 is 1.81 bits per heavy atom. The molecule has 0 N–H and O–H groups in total. The molecule has 1 unspecified atom stereocenters. The molecule has 42 heavy (non-hydrogen) atoms. The van der Waals surface area contributed by atoms with Crippen LogP contribution >= 0.6 is 0 Å². The Morgan fingerprint density at radius 1 is 0.976 bits per heavy atom. The number of anilines is 1. The van der Waals surface area contributed by atoms with E-state index in [0.29, 0.717) is 73.2 Å². The van der Waals surface area contributed by atoms with Crippen LogP contribution in [0.3, 0.4) is 0 Å². The largest absolute Gasteiger partial charge is 0.436 e. The molecule has 2 saturated heterocycles. The number of rotatable bonds is 6. The molecule has 3 aromatic heterocycles. The molecular formula is C30H29N9O3. The predicted octanol–water partition coefficient (Wildman–Crippen LogP) is 3.09. The first-order valence-corrected chi connectivity index (χ1v) is 14.0. The molecule has 0 aliphatic carbocycles. The van der Waals surface area contributed by atoms with Gasteiger partial charge in [-0.2, -0.15) is 4.80 Å². The fourth-order valence-electron chi connectivity index (χ4n) is 5.72. The van der Waals surface area contributed by atoms with Gasteiger partial charge in [-0.05, 0) is 47.5 Å². The van der Waals surface area contributed by atoms with E-state index in [1.165, 1.54) is 4.80 Å². The van der Waals surface area contributed by atoms with E-state index < -0.39 is 0 Å². The lowest BCUT2D eigenvalue weighted by molar-refractivity contribution is -0.117. The number of piperazine rings is 1. The van der Waals surface area contributed by atoms with E-state index in [2.05, 4.69) is 42.4 Å². The number of aryl methyl sites for hydroxylation is 1. The molecule has 212 valence electrons. The lowest BCUT2D eigenvalue weighted by Crippen LogP contribution is -2.50. The van der Waals surface area contributed by atoms with E-state index in [4.69, 9.17) is 4.42 Å². The minimum Gasteiger partial charge on any atom is -0.436 e. The Balaban J connectivity index is 1.07. The second-order valence-electron chi connectivity index (χ2n) is 10.5. The molecule has 12 heteroatoms. The van der Waals surface area contributed by atoms with Crippen molar-refractivity contribution in [2.45, 2.75) is 18.9 Å². The number of hydrogen-bond donors (Lipinski definition) is 0. The molecule has 0 bridgehead atoms. The van der Waals surface area contributed by atoms with Gasteiger partial charge in [-0.25, -0.2) is 4.98 Å². The van der Waals surface area contributed by atoms with Gasteiger partial charge in [-0.3, -0.25) is 19.5 Å². The van der Waals surface area contributed by atoms with Gasteiger partial charge in [-0.15, -0.1) is 10.2 Å². The monoisotopic (exact) mass is 563 g/mol. The van der Waals surface area contributed by atoms with E-state index >= 15 is 0 Å². The molecule has 0 spiro atoms. The van der Waals surface area contributed by atoms with Gasteiger partial charge in [0.15, 0.2) is 11.4 Å². The van der Waals surface area contributed by atoms with Crippen LogP contribution in [0.5, 0.6) is 0 Å². The highest BCUT2D eigenvalue weighted by Gasteiger charge is 2.31. The molecule has 2 aliphatic rings. The molecule has 0 saturated carbocycles. The maximum atomic E-state index is 13.5. The van der Waals surface area contributed by atoms with Gasteiger partial charge in [-0.1, -0.05) is 30.3 Å². The smallest absolute Gasteiger partial charge is 0.272 e. The van der Waals surface area contributed by atoms with Crippen LogP contribution in [-0.2, 0) is 11.8 Å². The average molecular weight is 564 g/mol. The zero-order valence-electron chi connectivity index (χ0n) is 23.1. The number of hydrogen-bond acceptors (Lipinski definition) is 9. The van der Waals surface area contributed by atoms with Crippen molar-refractivity contribution >= 4 is 28.6 Å². The summed E-state index contributed by atoms with van der Waals surface area (Å²) in [4.78, 5) is 42.1. The summed E-state index contributed by atoms with van der Waals surface area (Å²) >= 11 is 0. The number of carbonyl (C=O) groups excluding carboxylic acids is 2. The van der Waals surface area contributed by atoms with Crippen molar-refractivity contribution in [1.29, 1.82) is 0 Å². The Morgan fingerprint density at radius 3 is 2.55 bits per heavy atom. The molecule has 2 amide bonds. The number of oxazole rings is 1. The van der Waals surface area contributed by atoms with Crippen LogP contribution in [-0.4, -0.2) is 84.5 Å². The first-order valence-electron chi connectivity index (χ1n) is 14.0. The maximum Gasteiger partial charge on any atom is 0.272 e. The normalized spacial score (nSPS) is 16.8. The van der Waals surface area contributed by atoms with Crippen molar-refractivity contribution in [3.8, 4) is 11.5 Å². The summed E-state index contributed by atoms with van der Waals surface area (Å²) in [6.45, 7) is 3.08. The molecule has 5 heterocycles. The molecule has 0 radical (unpaired) electrons. The third-order valence-corrected chi connectivity index (χ3v) is 7.83. The summed E-state index contributed by atoms with van der Waals surface area (Å²) in [6.07, 6.45) is 3.03. The van der Waals surface area contributed by atoms with Crippen LogP contribution in [0, 0.1) is 0 Å². The molecular weight excluding hydrogens is 534 g/mol. The standard InChI is InChI=1S/C30H29N9O3/c1-36-34-28(33-35-36)27(20-6-3-2-4-7-20)37-14-16-38(17-15-37)30(41)24-18-21(11-12-31-24)29-32-23-19-22(9-10-25(23)42-29)39-13-5-8-26(39)40/h2-4,6-7,9-12,18-19,27H,5,8,13-17H2,1H3. The van der Waals surface area contributed by atoms with Gasteiger partial charge < -0.3 is 14.2 Å². The fraction of sp³-hybridized carbons (Fsp3) is 0.300. The van der Waals surface area contributed by atoms with Crippen molar-refractivity contribution < 1.29 is 14.0 Å². The zero-order chi connectivity index (χ0) is 28.6. The number of nitrogens with zero attached hydrogens (tertiary/aromatic N) is 9. The number of tetrazole rings is 1. The number of carbonyl (C=O) groups is 2. The maximum absolute atomic E-state index is 13.5. The molecule has 5 aromatic rings. The van der Waals surface area contributed by atoms with E-state index in [1.807, 2.05) is 41.3 Å². The van der Waals surface area contributed by atoms with Crippen LogP contribution in [0.4, 0.5) is 5.69 Å². The lowest BCUT2D eigenvalue weighted by atomic mass is 10.0. The van der Waals surface area contributed by atoms with Gasteiger partial charge in [0.05, 0.1) is 13.1 Å². The first-order chi connectivity index (χ1) is 20.5. The predicted molar refractivity (Wildman–Crippen MR) is 153 cm³/mol. The van der Waals surface area contributed by atoms with Gasteiger partial charge in [0.1, 0.15) is 11.2 Å². The minimum absolute atomic E-state index is 0.122. The van der Waals surface area contributed by atoms with Crippen LogP contribution in [0.2, 0.25) is 0 Å². The van der Waals surface area contributed by atoms with E-state index in [9.17, 15) is 9.59 Å². The lowest BCUT2D eigenvalue weighted by Gasteiger charge is -2.38. The third-order valence-electron chi connectivity index (χ3n) is 7.83. The average Bonchev–Trinajstić information content (AvgIpc) is 3.77. The zero-order valence-corrected chi connectivity index (χ0v) is 23.1. The highest BCUT2D eigenvalue weighted by Crippen LogP contribution is 2.30. The molecule has 12 nitrogen and oxygen atoms in total. The summed E-state index contributed by atoms with van der Waals surface area (Å²) < 4.78 is 6.01. The molecule has 7 rings (SSSR count). The van der Waals surface area contributed by atoms with Gasteiger partial charge in [0, 0.05) is 56.6 Å². The SMILES string of the molecule is Cn1nnc(C(c2ccccc2)N2CCN(C(=O)c3cc(-c4nc5cc(N6CCCC6=O)ccc5o4)ccn3)CC2)n1. The van der Waals surface area contributed by atoms with Crippen molar-refractivity contribution in [2.24, 2.45) is 7.05 Å². The molecule has 1 atom stereocenters. The van der Waals surface area contributed by atoms with Gasteiger partial charge in [0.2, 0.25) is 11.8 Å². The number of benzene rings is 2. The van der Waals surface area contributed by atoms with Crippen molar-refractivity contribution in [3.05, 3.63) is 83.9 Å². The Bertz CT molecular complexity index is 1760. The number of aromatic nitrogens is 6. The van der Waals surface area contributed by atoms with E-state index in [1.54, 1.807) is 30.3 Å². The quantitative estimate of drug-likeness (QED) is 0.306. The van der Waals surface area contributed by atoms with Crippen LogP contribution in [0.25, 0.3) is 22.6 Å². The third kappa shape index (κ3) is 4.90. The van der Waals surface area contributed by atoms with Crippen molar-refractivity contribution in [1.82, 2.24) is 40.0 Å². The summed E-state index contributed by atoms with van der Waals surface area (Å²) in [6, 6.07) is 19.0. The summed E-state index contributed by atoms with van der Waals surface area (Å²) in [5, 5.41) is 12.8. The number of pyridine rings is 1. The number of fused-ring (bicyclic) bond motifs is 1. The van der Waals surface area contributed by atoms with Crippen LogP contribution < -0.4 is 4.90 Å². The first kappa shape index (κ1) is 26.0. The Kier molecular flexibility index (Phi) is 6.67. The Hall–Kier alpha value is -4.97. The minimum atomic E-state index is -0.151.